The lowest BCUT2D eigenvalue weighted by Crippen LogP contribution is -2.31. The monoisotopic (exact) mass is 286 g/mol. The smallest absolute Gasteiger partial charge is 0.327 e. The lowest BCUT2D eigenvalue weighted by Gasteiger charge is -2.07. The van der Waals surface area contributed by atoms with E-state index < -0.39 is 11.2 Å². The van der Waals surface area contributed by atoms with Crippen LogP contribution in [-0.2, 0) is 6.54 Å². The molecule has 0 aliphatic rings. The molecule has 0 atom stereocenters. The zero-order valence-corrected chi connectivity index (χ0v) is 10.5. The van der Waals surface area contributed by atoms with Crippen molar-refractivity contribution < 1.29 is 0 Å². The predicted molar refractivity (Wildman–Crippen MR) is 63.5 cm³/mol. The summed E-state index contributed by atoms with van der Waals surface area (Å²) in [5.41, 5.74) is -0.176. The molecule has 2 N–H and O–H groups in total. The molecule has 0 saturated carbocycles. The van der Waals surface area contributed by atoms with E-state index >= 15 is 0 Å². The third-order valence-electron chi connectivity index (χ3n) is 2.15. The molecule has 2 heterocycles. The lowest BCUT2D eigenvalue weighted by molar-refractivity contribution is 0.513. The summed E-state index contributed by atoms with van der Waals surface area (Å²) >= 11 is 3.15. The number of hydrogen-bond acceptors (Lipinski definition) is 3. The molecule has 6 nitrogen and oxygen atoms in total. The Hall–Kier alpha value is -1.37. The molecule has 0 spiro atoms. The Labute approximate surface area is 98.8 Å². The minimum Gasteiger partial charge on any atom is -0.327 e. The van der Waals surface area contributed by atoms with Gasteiger partial charge in [-0.05, 0) is 21.8 Å². The summed E-state index contributed by atoms with van der Waals surface area (Å²) in [6, 6.07) is 0. The van der Waals surface area contributed by atoms with Crippen LogP contribution in [0.3, 0.4) is 0 Å². The fourth-order valence-corrected chi connectivity index (χ4v) is 1.91. The van der Waals surface area contributed by atoms with Crippen molar-refractivity contribution >= 4 is 27.1 Å². The standard InChI is InChI=1S/C9H11BrN4O2/c1-4(2)3-14-6-5(11-8(10)12-6)7(15)13-9(14)16/h4H,3H2,1-2H3,(H,11,12)(H,13,15,16). The largest absolute Gasteiger partial charge is 0.330 e. The third-order valence-corrected chi connectivity index (χ3v) is 2.53. The second kappa shape index (κ2) is 3.89. The Kier molecular flexibility index (Phi) is 2.71. The summed E-state index contributed by atoms with van der Waals surface area (Å²) in [7, 11) is 0. The summed E-state index contributed by atoms with van der Waals surface area (Å²) in [5.74, 6) is 0.294. The van der Waals surface area contributed by atoms with E-state index in [2.05, 4.69) is 30.9 Å². The van der Waals surface area contributed by atoms with E-state index in [9.17, 15) is 9.59 Å². The molecule has 0 aliphatic heterocycles. The van der Waals surface area contributed by atoms with Gasteiger partial charge in [-0.3, -0.25) is 14.3 Å². The molecule has 2 rings (SSSR count). The van der Waals surface area contributed by atoms with E-state index in [0.717, 1.165) is 0 Å². The molecule has 0 bridgehead atoms. The van der Waals surface area contributed by atoms with Crippen LogP contribution in [0.2, 0.25) is 0 Å². The quantitative estimate of drug-likeness (QED) is 0.802. The van der Waals surface area contributed by atoms with Crippen molar-refractivity contribution in [1.82, 2.24) is 19.5 Å². The average Bonchev–Trinajstić information content (AvgIpc) is 2.54. The Morgan fingerprint density at radius 1 is 1.38 bits per heavy atom. The summed E-state index contributed by atoms with van der Waals surface area (Å²) in [6.45, 7) is 4.50. The van der Waals surface area contributed by atoms with Crippen LogP contribution in [0.15, 0.2) is 14.3 Å². The molecule has 0 amide bonds. The molecule has 16 heavy (non-hydrogen) atoms. The molecule has 0 unspecified atom stereocenters. The molecule has 0 aromatic carbocycles. The number of hydrogen-bond donors (Lipinski definition) is 2. The Balaban J connectivity index is 2.81. The zero-order chi connectivity index (χ0) is 11.9. The number of aromatic amines is 2. The van der Waals surface area contributed by atoms with Crippen molar-refractivity contribution in [2.24, 2.45) is 5.92 Å². The van der Waals surface area contributed by atoms with Gasteiger partial charge in [0, 0.05) is 6.54 Å². The second-order valence-electron chi connectivity index (χ2n) is 3.99. The van der Waals surface area contributed by atoms with E-state index in [0.29, 0.717) is 28.4 Å². The van der Waals surface area contributed by atoms with Crippen molar-refractivity contribution in [1.29, 1.82) is 0 Å². The molecular weight excluding hydrogens is 276 g/mol. The summed E-state index contributed by atoms with van der Waals surface area (Å²) < 4.78 is 1.90. The normalized spacial score (nSPS) is 11.5. The van der Waals surface area contributed by atoms with Gasteiger partial charge >= 0.3 is 5.69 Å². The zero-order valence-electron chi connectivity index (χ0n) is 8.87. The van der Waals surface area contributed by atoms with Crippen LogP contribution < -0.4 is 11.2 Å². The van der Waals surface area contributed by atoms with E-state index in [1.807, 2.05) is 13.8 Å². The van der Waals surface area contributed by atoms with E-state index in [1.54, 1.807) is 0 Å². The molecule has 0 radical (unpaired) electrons. The van der Waals surface area contributed by atoms with Gasteiger partial charge in [-0.1, -0.05) is 13.8 Å². The number of imidazole rings is 1. The maximum atomic E-state index is 11.6. The van der Waals surface area contributed by atoms with Crippen LogP contribution >= 0.6 is 15.9 Å². The predicted octanol–water partition coefficient (Wildman–Crippen LogP) is 0.831. The van der Waals surface area contributed by atoms with Gasteiger partial charge in [0.15, 0.2) is 15.9 Å². The van der Waals surface area contributed by atoms with E-state index in [1.165, 1.54) is 4.57 Å². The molecular formula is C9H11BrN4O2. The topological polar surface area (TPSA) is 83.5 Å². The third kappa shape index (κ3) is 1.82. The molecule has 0 fully saturated rings. The highest BCUT2D eigenvalue weighted by Gasteiger charge is 2.12. The van der Waals surface area contributed by atoms with E-state index in [4.69, 9.17) is 0 Å². The van der Waals surface area contributed by atoms with Crippen molar-refractivity contribution in [3.05, 3.63) is 25.6 Å². The van der Waals surface area contributed by atoms with E-state index in [-0.39, 0.29) is 0 Å². The van der Waals surface area contributed by atoms with Crippen molar-refractivity contribution in [2.75, 3.05) is 0 Å². The molecule has 86 valence electrons. The first-order chi connectivity index (χ1) is 7.49. The highest BCUT2D eigenvalue weighted by atomic mass is 79.9. The first-order valence-electron chi connectivity index (χ1n) is 4.87. The van der Waals surface area contributed by atoms with Crippen molar-refractivity contribution in [3.63, 3.8) is 0 Å². The van der Waals surface area contributed by atoms with Gasteiger partial charge in [-0.25, -0.2) is 9.78 Å². The van der Waals surface area contributed by atoms with Crippen LogP contribution in [-0.4, -0.2) is 19.5 Å². The lowest BCUT2D eigenvalue weighted by atomic mass is 10.2. The fraction of sp³-hybridized carbons (Fsp3) is 0.444. The number of rotatable bonds is 2. The number of nitrogens with one attached hydrogen (secondary N) is 2. The van der Waals surface area contributed by atoms with Crippen LogP contribution in [0.1, 0.15) is 13.8 Å². The van der Waals surface area contributed by atoms with Crippen LogP contribution in [0.4, 0.5) is 0 Å². The van der Waals surface area contributed by atoms with Gasteiger partial charge in [0.2, 0.25) is 0 Å². The highest BCUT2D eigenvalue weighted by Crippen LogP contribution is 2.10. The number of nitrogens with zero attached hydrogens (tertiary/aromatic N) is 2. The summed E-state index contributed by atoms with van der Waals surface area (Å²) in [5, 5.41) is 0. The van der Waals surface area contributed by atoms with Crippen LogP contribution in [0.5, 0.6) is 0 Å². The van der Waals surface area contributed by atoms with Gasteiger partial charge in [0.05, 0.1) is 0 Å². The molecule has 2 aromatic rings. The number of aromatic nitrogens is 4. The number of halogens is 1. The Morgan fingerprint density at radius 2 is 2.06 bits per heavy atom. The first-order valence-corrected chi connectivity index (χ1v) is 5.66. The highest BCUT2D eigenvalue weighted by molar-refractivity contribution is 9.10. The summed E-state index contributed by atoms with van der Waals surface area (Å²) in [6.07, 6.45) is 0. The van der Waals surface area contributed by atoms with Crippen molar-refractivity contribution in [3.8, 4) is 0 Å². The fourth-order valence-electron chi connectivity index (χ4n) is 1.55. The van der Waals surface area contributed by atoms with Gasteiger partial charge in [-0.15, -0.1) is 0 Å². The Bertz CT molecular complexity index is 637. The number of fused-ring (bicyclic) bond motifs is 1. The summed E-state index contributed by atoms with van der Waals surface area (Å²) in [4.78, 5) is 32.2. The average molecular weight is 287 g/mol. The van der Waals surface area contributed by atoms with Gasteiger partial charge in [0.1, 0.15) is 0 Å². The van der Waals surface area contributed by atoms with Crippen LogP contribution in [0, 0.1) is 5.92 Å². The van der Waals surface area contributed by atoms with Gasteiger partial charge < -0.3 is 4.98 Å². The van der Waals surface area contributed by atoms with Gasteiger partial charge in [-0.2, -0.15) is 0 Å². The second-order valence-corrected chi connectivity index (χ2v) is 4.74. The Morgan fingerprint density at radius 3 is 2.69 bits per heavy atom. The first kappa shape index (κ1) is 11.1. The molecule has 2 aromatic heterocycles. The molecule has 7 heteroatoms. The molecule has 0 saturated heterocycles. The minimum absolute atomic E-state index is 0.294. The van der Waals surface area contributed by atoms with Gasteiger partial charge in [0.25, 0.3) is 5.56 Å². The van der Waals surface area contributed by atoms with Crippen molar-refractivity contribution in [2.45, 2.75) is 20.4 Å². The SMILES string of the molecule is CC(C)Cn1c(=O)[nH]c(=O)c2[nH]c(Br)nc21. The number of H-pyrrole nitrogens is 2. The molecule has 0 aliphatic carbocycles. The minimum atomic E-state index is -0.446. The van der Waals surface area contributed by atoms with Crippen LogP contribution in [0.25, 0.3) is 11.2 Å². The maximum Gasteiger partial charge on any atom is 0.330 e. The maximum absolute atomic E-state index is 11.6.